The second-order valence-corrected chi connectivity index (χ2v) is 10.9. The van der Waals surface area contributed by atoms with E-state index in [9.17, 15) is 18.0 Å². The van der Waals surface area contributed by atoms with E-state index in [1.165, 1.54) is 54.7 Å². The van der Waals surface area contributed by atoms with E-state index in [0.29, 0.717) is 27.6 Å². The van der Waals surface area contributed by atoms with Crippen molar-refractivity contribution in [3.05, 3.63) is 137 Å². The van der Waals surface area contributed by atoms with Gasteiger partial charge in [0.1, 0.15) is 5.75 Å². The number of hydrazone groups is 1. The van der Waals surface area contributed by atoms with Gasteiger partial charge in [0.15, 0.2) is 0 Å². The van der Waals surface area contributed by atoms with E-state index in [2.05, 4.69) is 15.2 Å². The molecule has 0 aliphatic heterocycles. The number of halogens is 1. The summed E-state index contributed by atoms with van der Waals surface area (Å²) >= 11 is 5.82. The molecule has 0 atom stereocenters. The van der Waals surface area contributed by atoms with Gasteiger partial charge in [0, 0.05) is 16.3 Å². The summed E-state index contributed by atoms with van der Waals surface area (Å²) < 4.78 is 33.0. The van der Waals surface area contributed by atoms with Gasteiger partial charge in [-0.3, -0.25) is 9.52 Å². The lowest BCUT2D eigenvalue weighted by atomic mass is 10.0. The van der Waals surface area contributed by atoms with Crippen molar-refractivity contribution in [3.63, 3.8) is 0 Å². The van der Waals surface area contributed by atoms with Gasteiger partial charge in [0.05, 0.1) is 16.7 Å². The SMILES string of the molecule is O=C(NN=Cc1ccc(OC(=O)c2cccc3ccccc23)cc1)c1ccc(NS(=O)(=O)c2ccc(Cl)cc2)cc1. The van der Waals surface area contributed by atoms with Gasteiger partial charge >= 0.3 is 5.97 Å². The van der Waals surface area contributed by atoms with E-state index in [-0.39, 0.29) is 10.5 Å². The molecule has 5 aromatic rings. The van der Waals surface area contributed by atoms with E-state index >= 15 is 0 Å². The number of anilines is 1. The number of fused-ring (bicyclic) bond motifs is 1. The summed E-state index contributed by atoms with van der Waals surface area (Å²) in [5, 5.41) is 6.15. The number of hydrogen-bond donors (Lipinski definition) is 2. The first-order valence-electron chi connectivity index (χ1n) is 12.3. The highest BCUT2D eigenvalue weighted by molar-refractivity contribution is 7.92. The molecule has 0 aliphatic rings. The zero-order valence-corrected chi connectivity index (χ0v) is 22.9. The Bertz CT molecular complexity index is 1850. The molecule has 41 heavy (non-hydrogen) atoms. The van der Waals surface area contributed by atoms with Gasteiger partial charge < -0.3 is 4.74 Å². The fourth-order valence-electron chi connectivity index (χ4n) is 3.93. The Labute approximate surface area is 241 Å². The third kappa shape index (κ3) is 6.78. The molecule has 0 aromatic heterocycles. The monoisotopic (exact) mass is 583 g/mol. The van der Waals surface area contributed by atoms with Crippen molar-refractivity contribution in [1.29, 1.82) is 0 Å². The smallest absolute Gasteiger partial charge is 0.344 e. The van der Waals surface area contributed by atoms with Crippen molar-refractivity contribution in [2.45, 2.75) is 4.90 Å². The number of sulfonamides is 1. The van der Waals surface area contributed by atoms with Crippen LogP contribution >= 0.6 is 11.6 Å². The van der Waals surface area contributed by atoms with Crippen LogP contribution in [0.4, 0.5) is 5.69 Å². The molecule has 5 rings (SSSR count). The van der Waals surface area contributed by atoms with Crippen LogP contribution in [-0.4, -0.2) is 26.5 Å². The van der Waals surface area contributed by atoms with Crippen LogP contribution in [0.25, 0.3) is 10.8 Å². The molecule has 0 saturated carbocycles. The zero-order valence-electron chi connectivity index (χ0n) is 21.3. The topological polar surface area (TPSA) is 114 Å². The molecule has 1 amide bonds. The normalized spacial score (nSPS) is 11.3. The van der Waals surface area contributed by atoms with Gasteiger partial charge in [-0.1, -0.05) is 48.0 Å². The van der Waals surface area contributed by atoms with E-state index in [4.69, 9.17) is 16.3 Å². The van der Waals surface area contributed by atoms with Crippen molar-refractivity contribution < 1.29 is 22.7 Å². The van der Waals surface area contributed by atoms with E-state index in [1.54, 1.807) is 30.3 Å². The van der Waals surface area contributed by atoms with Crippen molar-refractivity contribution in [2.75, 3.05) is 4.72 Å². The number of hydrogen-bond acceptors (Lipinski definition) is 6. The standard InChI is InChI=1S/C31H22ClN3O5S/c32-24-12-18-27(19-13-24)41(38,39)35-25-14-10-23(11-15-25)30(36)34-33-20-21-8-16-26(17-9-21)40-31(37)29-7-3-5-22-4-1-2-6-28(22)29/h1-20,35H,(H,34,36). The summed E-state index contributed by atoms with van der Waals surface area (Å²) in [5.41, 5.74) is 4.15. The highest BCUT2D eigenvalue weighted by Crippen LogP contribution is 2.22. The van der Waals surface area contributed by atoms with Crippen LogP contribution in [0, 0.1) is 0 Å². The first-order chi connectivity index (χ1) is 19.8. The fourth-order valence-corrected chi connectivity index (χ4v) is 5.12. The van der Waals surface area contributed by atoms with Crippen LogP contribution in [0.1, 0.15) is 26.3 Å². The Morgan fingerprint density at radius 1 is 0.780 bits per heavy atom. The van der Waals surface area contributed by atoms with Gasteiger partial charge in [0.2, 0.25) is 0 Å². The molecule has 8 nitrogen and oxygen atoms in total. The van der Waals surface area contributed by atoms with E-state index in [0.717, 1.165) is 10.8 Å². The zero-order chi connectivity index (χ0) is 28.8. The van der Waals surface area contributed by atoms with Gasteiger partial charge in [-0.25, -0.2) is 18.6 Å². The molecule has 0 bridgehead atoms. The quantitative estimate of drug-likeness (QED) is 0.0966. The van der Waals surface area contributed by atoms with Crippen LogP contribution in [0.15, 0.2) is 125 Å². The molecule has 0 heterocycles. The molecule has 10 heteroatoms. The summed E-state index contributed by atoms with van der Waals surface area (Å²) in [6.45, 7) is 0. The lowest BCUT2D eigenvalue weighted by molar-refractivity contribution is 0.0736. The Morgan fingerprint density at radius 2 is 1.46 bits per heavy atom. The number of ether oxygens (including phenoxy) is 1. The summed E-state index contributed by atoms with van der Waals surface area (Å²) in [6, 6.07) is 31.4. The number of nitrogens with zero attached hydrogens (tertiary/aromatic N) is 1. The molecule has 0 aliphatic carbocycles. The Hall–Kier alpha value is -4.99. The number of rotatable bonds is 8. The molecular formula is C31H22ClN3O5S. The number of amides is 1. The third-order valence-corrected chi connectivity index (χ3v) is 7.65. The number of esters is 1. The Balaban J connectivity index is 1.15. The Kier molecular flexibility index (Phi) is 8.09. The molecule has 0 radical (unpaired) electrons. The van der Waals surface area contributed by atoms with Gasteiger partial charge in [-0.05, 0) is 95.2 Å². The first kappa shape index (κ1) is 27.6. The minimum absolute atomic E-state index is 0.0640. The lowest BCUT2D eigenvalue weighted by Gasteiger charge is -2.09. The van der Waals surface area contributed by atoms with Crippen LogP contribution < -0.4 is 14.9 Å². The van der Waals surface area contributed by atoms with Crippen molar-refractivity contribution in [3.8, 4) is 5.75 Å². The second kappa shape index (κ2) is 12.0. The maximum atomic E-state index is 12.7. The van der Waals surface area contributed by atoms with Gasteiger partial charge in [0.25, 0.3) is 15.9 Å². The van der Waals surface area contributed by atoms with E-state index in [1.807, 2.05) is 36.4 Å². The van der Waals surface area contributed by atoms with Crippen molar-refractivity contribution in [2.24, 2.45) is 5.10 Å². The van der Waals surface area contributed by atoms with Crippen LogP contribution in [0.5, 0.6) is 5.75 Å². The van der Waals surface area contributed by atoms with Crippen LogP contribution in [-0.2, 0) is 10.0 Å². The minimum atomic E-state index is -3.80. The number of nitrogens with one attached hydrogen (secondary N) is 2. The maximum absolute atomic E-state index is 12.7. The first-order valence-corrected chi connectivity index (χ1v) is 14.2. The highest BCUT2D eigenvalue weighted by atomic mass is 35.5. The molecule has 0 fully saturated rings. The largest absolute Gasteiger partial charge is 0.423 e. The fraction of sp³-hybridized carbons (Fsp3) is 0. The molecule has 2 N–H and O–H groups in total. The number of carbonyl (C=O) groups excluding carboxylic acids is 2. The van der Waals surface area contributed by atoms with Gasteiger partial charge in [-0.15, -0.1) is 0 Å². The predicted molar refractivity (Wildman–Crippen MR) is 159 cm³/mol. The van der Waals surface area contributed by atoms with Crippen molar-refractivity contribution in [1.82, 2.24) is 5.43 Å². The molecule has 0 saturated heterocycles. The van der Waals surface area contributed by atoms with Crippen molar-refractivity contribution >= 4 is 56.2 Å². The minimum Gasteiger partial charge on any atom is -0.423 e. The average molecular weight is 584 g/mol. The highest BCUT2D eigenvalue weighted by Gasteiger charge is 2.15. The molecular weight excluding hydrogens is 562 g/mol. The lowest BCUT2D eigenvalue weighted by Crippen LogP contribution is -2.18. The number of carbonyl (C=O) groups is 2. The molecule has 204 valence electrons. The number of benzene rings is 5. The molecule has 5 aromatic carbocycles. The maximum Gasteiger partial charge on any atom is 0.344 e. The van der Waals surface area contributed by atoms with Crippen LogP contribution in [0.3, 0.4) is 0 Å². The van der Waals surface area contributed by atoms with Crippen LogP contribution in [0.2, 0.25) is 5.02 Å². The second-order valence-electron chi connectivity index (χ2n) is 8.82. The van der Waals surface area contributed by atoms with Gasteiger partial charge in [-0.2, -0.15) is 5.10 Å². The summed E-state index contributed by atoms with van der Waals surface area (Å²) in [7, 11) is -3.80. The van der Waals surface area contributed by atoms with E-state index < -0.39 is 21.9 Å². The average Bonchev–Trinajstić information content (AvgIpc) is 2.98. The summed E-state index contributed by atoms with van der Waals surface area (Å²) in [4.78, 5) is 25.2. The molecule has 0 unspecified atom stereocenters. The Morgan fingerprint density at radius 3 is 2.20 bits per heavy atom. The summed E-state index contributed by atoms with van der Waals surface area (Å²) in [6.07, 6.45) is 1.45. The predicted octanol–water partition coefficient (Wildman–Crippen LogP) is 6.28. The third-order valence-electron chi connectivity index (χ3n) is 6.00. The molecule has 0 spiro atoms. The summed E-state index contributed by atoms with van der Waals surface area (Å²) in [5.74, 6) is -0.566.